The smallest absolute Gasteiger partial charge is 0.344 e. The number of nitrogens with zero attached hydrogens (tertiary/aromatic N) is 1. The van der Waals surface area contributed by atoms with Crippen molar-refractivity contribution in [1.29, 1.82) is 0 Å². The van der Waals surface area contributed by atoms with E-state index in [0.29, 0.717) is 17.1 Å². The van der Waals surface area contributed by atoms with Crippen LogP contribution in [0.3, 0.4) is 0 Å². The minimum absolute atomic E-state index is 0.215. The van der Waals surface area contributed by atoms with Crippen LogP contribution in [0, 0.1) is 0 Å². The van der Waals surface area contributed by atoms with Gasteiger partial charge < -0.3 is 9.47 Å². The lowest BCUT2D eigenvalue weighted by Gasteiger charge is -2.12. The predicted octanol–water partition coefficient (Wildman–Crippen LogP) is 4.59. The number of aromatic nitrogens is 1. The lowest BCUT2D eigenvalue weighted by Crippen LogP contribution is -2.11. The summed E-state index contributed by atoms with van der Waals surface area (Å²) in [6.07, 6.45) is 0. The number of rotatable bonds is 4. The van der Waals surface area contributed by atoms with Crippen molar-refractivity contribution in [2.75, 3.05) is 7.11 Å². The molecule has 0 unspecified atom stereocenters. The van der Waals surface area contributed by atoms with Crippen molar-refractivity contribution < 1.29 is 14.3 Å². The van der Waals surface area contributed by atoms with Gasteiger partial charge in [0.25, 0.3) is 0 Å². The Kier molecular flexibility index (Phi) is 4.47. The van der Waals surface area contributed by atoms with Crippen LogP contribution in [0.4, 0.5) is 0 Å². The number of benzene rings is 2. The second kappa shape index (κ2) is 6.71. The summed E-state index contributed by atoms with van der Waals surface area (Å²) in [6, 6.07) is 16.5. The summed E-state index contributed by atoms with van der Waals surface area (Å²) < 4.78 is 10.8. The number of methoxy groups -OCH3 is 1. The minimum Gasteiger partial charge on any atom is -0.493 e. The van der Waals surface area contributed by atoms with Gasteiger partial charge in [0.2, 0.25) is 0 Å². The van der Waals surface area contributed by atoms with Crippen LogP contribution in [0.2, 0.25) is 0 Å². The molecule has 0 N–H and O–H groups in total. The largest absolute Gasteiger partial charge is 0.493 e. The number of hydrogen-bond donors (Lipinski definition) is 0. The standard InChI is InChI=1S/C20H19NO3/c1-13(2)17-12-15(14-8-4-5-9-16(14)21-17)20(22)24-19-11-7-6-10-18(19)23-3/h4-13H,1-3H3. The maximum Gasteiger partial charge on any atom is 0.344 e. The normalized spacial score (nSPS) is 10.8. The van der Waals surface area contributed by atoms with Crippen LogP contribution in [0.5, 0.6) is 11.5 Å². The maximum absolute atomic E-state index is 12.8. The van der Waals surface area contributed by atoms with Crippen LogP contribution in [0.1, 0.15) is 35.8 Å². The fourth-order valence-electron chi connectivity index (χ4n) is 2.52. The molecule has 122 valence electrons. The third-order valence-electron chi connectivity index (χ3n) is 3.82. The van der Waals surface area contributed by atoms with Crippen LogP contribution >= 0.6 is 0 Å². The quantitative estimate of drug-likeness (QED) is 0.521. The van der Waals surface area contributed by atoms with Gasteiger partial charge >= 0.3 is 5.97 Å². The summed E-state index contributed by atoms with van der Waals surface area (Å²) in [6.45, 7) is 4.10. The maximum atomic E-state index is 12.8. The van der Waals surface area contributed by atoms with Crippen molar-refractivity contribution in [3.8, 4) is 11.5 Å². The number of pyridine rings is 1. The Bertz CT molecular complexity index is 887. The van der Waals surface area contributed by atoms with Crippen molar-refractivity contribution in [3.05, 3.63) is 65.9 Å². The second-order valence-corrected chi connectivity index (χ2v) is 5.81. The fraction of sp³-hybridized carbons (Fsp3) is 0.200. The van der Waals surface area contributed by atoms with Crippen LogP contribution < -0.4 is 9.47 Å². The zero-order valence-electron chi connectivity index (χ0n) is 13.9. The molecule has 3 aromatic rings. The molecule has 0 radical (unpaired) electrons. The molecule has 0 amide bonds. The van der Waals surface area contributed by atoms with Gasteiger partial charge in [-0.05, 0) is 30.2 Å². The highest BCUT2D eigenvalue weighted by Crippen LogP contribution is 2.28. The molecule has 0 aliphatic carbocycles. The zero-order chi connectivity index (χ0) is 17.1. The van der Waals surface area contributed by atoms with Crippen molar-refractivity contribution in [1.82, 2.24) is 4.98 Å². The first-order valence-corrected chi connectivity index (χ1v) is 7.85. The highest BCUT2D eigenvalue weighted by atomic mass is 16.6. The molecule has 0 fully saturated rings. The van der Waals surface area contributed by atoms with Gasteiger partial charge in [-0.15, -0.1) is 0 Å². The van der Waals surface area contributed by atoms with E-state index in [1.54, 1.807) is 25.3 Å². The monoisotopic (exact) mass is 321 g/mol. The Hall–Kier alpha value is -2.88. The number of para-hydroxylation sites is 3. The van der Waals surface area contributed by atoms with Crippen LogP contribution in [0.15, 0.2) is 54.6 Å². The van der Waals surface area contributed by atoms with E-state index in [0.717, 1.165) is 16.6 Å². The van der Waals surface area contributed by atoms with E-state index in [9.17, 15) is 4.79 Å². The molecule has 1 aromatic heterocycles. The van der Waals surface area contributed by atoms with Crippen LogP contribution in [0.25, 0.3) is 10.9 Å². The molecule has 0 saturated heterocycles. The van der Waals surface area contributed by atoms with Gasteiger partial charge in [0.15, 0.2) is 11.5 Å². The minimum atomic E-state index is -0.417. The summed E-state index contributed by atoms with van der Waals surface area (Å²) in [5.41, 5.74) is 2.16. The first-order chi connectivity index (χ1) is 11.6. The molecule has 24 heavy (non-hydrogen) atoms. The second-order valence-electron chi connectivity index (χ2n) is 5.81. The van der Waals surface area contributed by atoms with E-state index in [2.05, 4.69) is 4.98 Å². The molecule has 0 aliphatic rings. The predicted molar refractivity (Wildman–Crippen MR) is 93.8 cm³/mol. The van der Waals surface area contributed by atoms with E-state index in [1.165, 1.54) is 0 Å². The van der Waals surface area contributed by atoms with Gasteiger partial charge in [0.1, 0.15) is 0 Å². The van der Waals surface area contributed by atoms with Gasteiger partial charge in [0.05, 0.1) is 18.2 Å². The van der Waals surface area contributed by atoms with Gasteiger partial charge in [-0.2, -0.15) is 0 Å². The van der Waals surface area contributed by atoms with E-state index < -0.39 is 5.97 Å². The number of fused-ring (bicyclic) bond motifs is 1. The Balaban J connectivity index is 2.06. The summed E-state index contributed by atoms with van der Waals surface area (Å²) in [7, 11) is 1.55. The Morgan fingerprint density at radius 2 is 1.67 bits per heavy atom. The van der Waals surface area contributed by atoms with Crippen molar-refractivity contribution in [2.45, 2.75) is 19.8 Å². The van der Waals surface area contributed by atoms with Crippen molar-refractivity contribution >= 4 is 16.9 Å². The summed E-state index contributed by atoms with van der Waals surface area (Å²) in [4.78, 5) is 17.4. The molecule has 4 heteroatoms. The van der Waals surface area contributed by atoms with Gasteiger partial charge in [0, 0.05) is 11.1 Å². The molecule has 0 spiro atoms. The number of carbonyl (C=O) groups is 1. The summed E-state index contributed by atoms with van der Waals surface area (Å²) in [5, 5.41) is 0.779. The lowest BCUT2D eigenvalue weighted by molar-refractivity contribution is 0.0731. The molecule has 0 aliphatic heterocycles. The highest BCUT2D eigenvalue weighted by molar-refractivity contribution is 6.04. The summed E-state index contributed by atoms with van der Waals surface area (Å²) >= 11 is 0. The zero-order valence-corrected chi connectivity index (χ0v) is 13.9. The Labute approximate surface area is 141 Å². The first kappa shape index (κ1) is 16.0. The summed E-state index contributed by atoms with van der Waals surface area (Å²) in [5.74, 6) is 0.720. The number of hydrogen-bond acceptors (Lipinski definition) is 4. The molecule has 1 heterocycles. The van der Waals surface area contributed by atoms with Crippen molar-refractivity contribution in [2.24, 2.45) is 0 Å². The average molecular weight is 321 g/mol. The Morgan fingerprint density at radius 1 is 1.00 bits per heavy atom. The van der Waals surface area contributed by atoms with Crippen molar-refractivity contribution in [3.63, 3.8) is 0 Å². The molecular weight excluding hydrogens is 302 g/mol. The van der Waals surface area contributed by atoms with E-state index in [-0.39, 0.29) is 5.92 Å². The average Bonchev–Trinajstić information content (AvgIpc) is 2.61. The first-order valence-electron chi connectivity index (χ1n) is 7.85. The van der Waals surface area contributed by atoms with Gasteiger partial charge in [-0.1, -0.05) is 44.2 Å². The lowest BCUT2D eigenvalue weighted by atomic mass is 10.0. The number of esters is 1. The fourth-order valence-corrected chi connectivity index (χ4v) is 2.52. The third kappa shape index (κ3) is 3.08. The number of carbonyl (C=O) groups excluding carboxylic acids is 1. The van der Waals surface area contributed by atoms with Gasteiger partial charge in [-0.3, -0.25) is 4.98 Å². The molecule has 0 saturated carbocycles. The van der Waals surface area contributed by atoms with Crippen LogP contribution in [-0.4, -0.2) is 18.1 Å². The molecule has 4 nitrogen and oxygen atoms in total. The topological polar surface area (TPSA) is 48.4 Å². The molecule has 0 bridgehead atoms. The van der Waals surface area contributed by atoms with E-state index in [1.807, 2.05) is 50.2 Å². The molecule has 3 rings (SSSR count). The third-order valence-corrected chi connectivity index (χ3v) is 3.82. The van der Waals surface area contributed by atoms with E-state index in [4.69, 9.17) is 9.47 Å². The molecular formula is C20H19NO3. The van der Waals surface area contributed by atoms with Gasteiger partial charge in [-0.25, -0.2) is 4.79 Å². The molecule has 2 aromatic carbocycles. The van der Waals surface area contributed by atoms with Crippen LogP contribution in [-0.2, 0) is 0 Å². The Morgan fingerprint density at radius 3 is 2.38 bits per heavy atom. The number of ether oxygens (including phenoxy) is 2. The molecule has 0 atom stereocenters. The SMILES string of the molecule is COc1ccccc1OC(=O)c1cc(C(C)C)nc2ccccc12. The van der Waals surface area contributed by atoms with E-state index >= 15 is 0 Å². The highest BCUT2D eigenvalue weighted by Gasteiger charge is 2.17.